The summed E-state index contributed by atoms with van der Waals surface area (Å²) < 4.78 is 45.1. The number of nitrogens with one attached hydrogen (secondary N) is 1. The van der Waals surface area contributed by atoms with Crippen LogP contribution in [0.15, 0.2) is 42.5 Å². The smallest absolute Gasteiger partial charge is 0.410 e. The number of methoxy groups -OCH3 is 1. The minimum absolute atomic E-state index is 0.0397. The summed E-state index contributed by atoms with van der Waals surface area (Å²) in [7, 11) is -2.01. The fourth-order valence-electron chi connectivity index (χ4n) is 3.96. The van der Waals surface area contributed by atoms with Crippen molar-refractivity contribution < 1.29 is 27.4 Å². The molecule has 1 aliphatic heterocycles. The third kappa shape index (κ3) is 9.04. The summed E-state index contributed by atoms with van der Waals surface area (Å²) in [6.45, 7) is 6.27. The molecule has 204 valence electrons. The van der Waals surface area contributed by atoms with Gasteiger partial charge in [-0.15, -0.1) is 0 Å². The molecule has 1 amide bonds. The lowest BCUT2D eigenvalue weighted by Crippen LogP contribution is -2.42. The van der Waals surface area contributed by atoms with Crippen molar-refractivity contribution in [3.05, 3.63) is 63.6 Å². The van der Waals surface area contributed by atoms with Gasteiger partial charge in [-0.25, -0.2) is 17.9 Å². The predicted octanol–water partition coefficient (Wildman–Crippen LogP) is 4.88. The van der Waals surface area contributed by atoms with Gasteiger partial charge in [0.05, 0.1) is 35.6 Å². The van der Waals surface area contributed by atoms with Crippen molar-refractivity contribution in [3.8, 4) is 5.75 Å². The molecule has 1 saturated heterocycles. The quantitative estimate of drug-likeness (QED) is 0.484. The van der Waals surface area contributed by atoms with Crippen molar-refractivity contribution in [2.24, 2.45) is 0 Å². The van der Waals surface area contributed by atoms with Crippen LogP contribution in [0.2, 0.25) is 10.0 Å². The molecule has 1 fully saturated rings. The molecule has 0 aromatic heterocycles. The Labute approximate surface area is 229 Å². The maximum absolute atomic E-state index is 12.8. The Morgan fingerprint density at radius 2 is 1.84 bits per heavy atom. The van der Waals surface area contributed by atoms with E-state index in [0.717, 1.165) is 11.1 Å². The van der Waals surface area contributed by atoms with E-state index in [9.17, 15) is 13.2 Å². The molecule has 37 heavy (non-hydrogen) atoms. The molecule has 2 unspecified atom stereocenters. The van der Waals surface area contributed by atoms with Crippen LogP contribution in [0.1, 0.15) is 37.8 Å². The number of halogens is 2. The molecule has 1 heterocycles. The molecule has 8 nitrogen and oxygen atoms in total. The third-order valence-electron chi connectivity index (χ3n) is 5.91. The number of sulfonamides is 1. The van der Waals surface area contributed by atoms with E-state index in [-0.39, 0.29) is 31.4 Å². The van der Waals surface area contributed by atoms with Crippen LogP contribution in [-0.4, -0.2) is 70.2 Å². The Hall–Kier alpha value is -2.04. The van der Waals surface area contributed by atoms with Gasteiger partial charge in [0.2, 0.25) is 10.0 Å². The monoisotopic (exact) mass is 572 g/mol. The highest BCUT2D eigenvalue weighted by atomic mass is 35.5. The fraction of sp³-hybridized carbons (Fsp3) is 0.500. The summed E-state index contributed by atoms with van der Waals surface area (Å²) >= 11 is 12.4. The van der Waals surface area contributed by atoms with Crippen LogP contribution in [0.3, 0.4) is 0 Å². The standard InChI is InChI=1S/C26H34Cl2N2O6S/c1-26(2,3)36-25(31)30-12-13-35-24(21(17-30)19-7-10-22(27)23(28)15-19)16-29-37(32,33)14-11-18-5-8-20(34-4)9-6-18/h5-10,15,21,24,29H,11-14,16-17H2,1-4H3. The molecule has 0 spiro atoms. The van der Waals surface area contributed by atoms with E-state index in [4.69, 9.17) is 37.4 Å². The lowest BCUT2D eigenvalue weighted by atomic mass is 9.93. The van der Waals surface area contributed by atoms with Gasteiger partial charge in [0.1, 0.15) is 11.4 Å². The Morgan fingerprint density at radius 3 is 2.46 bits per heavy atom. The van der Waals surface area contributed by atoms with Gasteiger partial charge in [0, 0.05) is 25.6 Å². The number of aryl methyl sites for hydroxylation is 1. The zero-order valence-electron chi connectivity index (χ0n) is 21.5. The SMILES string of the molecule is COc1ccc(CCS(=O)(=O)NCC2OCCN(C(=O)OC(C)(C)C)CC2c2ccc(Cl)c(Cl)c2)cc1. The lowest BCUT2D eigenvalue weighted by Gasteiger charge is -2.30. The highest BCUT2D eigenvalue weighted by Crippen LogP contribution is 2.31. The molecular formula is C26H34Cl2N2O6S. The van der Waals surface area contributed by atoms with Crippen molar-refractivity contribution in [1.82, 2.24) is 9.62 Å². The van der Waals surface area contributed by atoms with Crippen molar-refractivity contribution in [2.45, 2.75) is 44.8 Å². The number of amides is 1. The van der Waals surface area contributed by atoms with Gasteiger partial charge in [0.15, 0.2) is 0 Å². The van der Waals surface area contributed by atoms with E-state index in [1.165, 1.54) is 0 Å². The van der Waals surface area contributed by atoms with E-state index >= 15 is 0 Å². The highest BCUT2D eigenvalue weighted by Gasteiger charge is 2.34. The lowest BCUT2D eigenvalue weighted by molar-refractivity contribution is 0.0233. The first-order valence-corrected chi connectivity index (χ1v) is 14.4. The molecule has 0 bridgehead atoms. The van der Waals surface area contributed by atoms with Crippen molar-refractivity contribution in [1.29, 1.82) is 0 Å². The van der Waals surface area contributed by atoms with Crippen LogP contribution in [0.5, 0.6) is 5.75 Å². The number of nitrogens with zero attached hydrogens (tertiary/aromatic N) is 1. The van der Waals surface area contributed by atoms with E-state index in [2.05, 4.69) is 4.72 Å². The summed E-state index contributed by atoms with van der Waals surface area (Å²) in [6.07, 6.45) is -0.643. The number of carbonyl (C=O) groups excluding carboxylic acids is 1. The number of hydrogen-bond acceptors (Lipinski definition) is 6. The van der Waals surface area contributed by atoms with Crippen molar-refractivity contribution in [2.75, 3.05) is 39.1 Å². The summed E-state index contributed by atoms with van der Waals surface area (Å²) in [5.41, 5.74) is 1.02. The minimum atomic E-state index is -3.59. The van der Waals surface area contributed by atoms with Crippen molar-refractivity contribution in [3.63, 3.8) is 0 Å². The molecule has 2 aromatic rings. The molecule has 0 radical (unpaired) electrons. The summed E-state index contributed by atoms with van der Waals surface area (Å²) in [5.74, 6) is 0.270. The molecule has 0 aliphatic carbocycles. The van der Waals surface area contributed by atoms with Crippen molar-refractivity contribution >= 4 is 39.3 Å². The van der Waals surface area contributed by atoms with Crippen LogP contribution < -0.4 is 9.46 Å². The number of hydrogen-bond donors (Lipinski definition) is 1. The minimum Gasteiger partial charge on any atom is -0.497 e. The normalized spacial score (nSPS) is 18.8. The van der Waals surface area contributed by atoms with Gasteiger partial charge in [0.25, 0.3) is 0 Å². The molecule has 1 N–H and O–H groups in total. The summed E-state index contributed by atoms with van der Waals surface area (Å²) in [6, 6.07) is 12.5. The van der Waals surface area contributed by atoms with Crippen LogP contribution in [-0.2, 0) is 25.9 Å². The van der Waals surface area contributed by atoms with Gasteiger partial charge in [-0.2, -0.15) is 0 Å². The van der Waals surface area contributed by atoms with Gasteiger partial charge >= 0.3 is 6.09 Å². The second-order valence-electron chi connectivity index (χ2n) is 9.88. The zero-order valence-corrected chi connectivity index (χ0v) is 23.8. The Morgan fingerprint density at radius 1 is 1.14 bits per heavy atom. The van der Waals surface area contributed by atoms with Gasteiger partial charge in [-0.05, 0) is 62.6 Å². The Balaban J connectivity index is 1.73. The molecule has 2 aromatic carbocycles. The first-order chi connectivity index (χ1) is 17.4. The molecule has 3 rings (SSSR count). The number of ether oxygens (including phenoxy) is 3. The summed E-state index contributed by atoms with van der Waals surface area (Å²) in [4.78, 5) is 14.4. The highest BCUT2D eigenvalue weighted by molar-refractivity contribution is 7.89. The van der Waals surface area contributed by atoms with Gasteiger partial charge in [-0.1, -0.05) is 41.4 Å². The van der Waals surface area contributed by atoms with E-state index in [1.807, 2.05) is 18.2 Å². The van der Waals surface area contributed by atoms with Gasteiger partial charge in [-0.3, -0.25) is 0 Å². The Bertz CT molecular complexity index is 1170. The van der Waals surface area contributed by atoms with E-state index < -0.39 is 27.8 Å². The maximum Gasteiger partial charge on any atom is 0.410 e. The summed E-state index contributed by atoms with van der Waals surface area (Å²) in [5, 5.41) is 0.769. The van der Waals surface area contributed by atoms with E-state index in [1.54, 1.807) is 57.0 Å². The topological polar surface area (TPSA) is 94.2 Å². The second kappa shape index (κ2) is 12.7. The van der Waals surface area contributed by atoms with Crippen LogP contribution in [0, 0.1) is 0 Å². The second-order valence-corrected chi connectivity index (χ2v) is 12.6. The molecular weight excluding hydrogens is 539 g/mol. The number of rotatable bonds is 8. The van der Waals surface area contributed by atoms with Crippen LogP contribution >= 0.6 is 23.2 Å². The largest absolute Gasteiger partial charge is 0.497 e. The molecule has 0 saturated carbocycles. The average molecular weight is 574 g/mol. The molecule has 2 atom stereocenters. The third-order valence-corrected chi connectivity index (χ3v) is 7.99. The average Bonchev–Trinajstić information content (AvgIpc) is 3.05. The van der Waals surface area contributed by atoms with Crippen LogP contribution in [0.25, 0.3) is 0 Å². The van der Waals surface area contributed by atoms with Gasteiger partial charge < -0.3 is 19.1 Å². The molecule has 11 heteroatoms. The number of benzene rings is 2. The molecule has 1 aliphatic rings. The maximum atomic E-state index is 12.8. The first kappa shape index (κ1) is 29.5. The Kier molecular flexibility index (Phi) is 10.1. The number of carbonyl (C=O) groups is 1. The first-order valence-electron chi connectivity index (χ1n) is 12.0. The predicted molar refractivity (Wildman–Crippen MR) is 145 cm³/mol. The zero-order chi connectivity index (χ0) is 27.2. The fourth-order valence-corrected chi connectivity index (χ4v) is 5.33. The van der Waals surface area contributed by atoms with Crippen LogP contribution in [0.4, 0.5) is 4.79 Å². The van der Waals surface area contributed by atoms with E-state index in [0.29, 0.717) is 28.8 Å².